The monoisotopic (exact) mass is 278 g/mol. The van der Waals surface area contributed by atoms with Crippen molar-refractivity contribution >= 4 is 11.6 Å². The van der Waals surface area contributed by atoms with Gasteiger partial charge in [-0.05, 0) is 37.6 Å². The number of carbonyl (C=O) groups excluding carboxylic acids is 1. The Morgan fingerprint density at radius 1 is 1.45 bits per heavy atom. The number of aliphatic hydroxyl groups is 1. The Kier molecular flexibility index (Phi) is 4.62. The van der Waals surface area contributed by atoms with E-state index in [0.29, 0.717) is 31.9 Å². The number of benzene rings is 1. The lowest BCUT2D eigenvalue weighted by atomic mass is 9.87. The summed E-state index contributed by atoms with van der Waals surface area (Å²) in [6.45, 7) is 6.46. The molecule has 0 spiro atoms. The predicted molar refractivity (Wildman–Crippen MR) is 78.0 cm³/mol. The van der Waals surface area contributed by atoms with E-state index in [1.807, 2.05) is 32.0 Å². The summed E-state index contributed by atoms with van der Waals surface area (Å²) in [4.78, 5) is 11.7. The molecule has 0 atom stereocenters. The predicted octanol–water partition coefficient (Wildman–Crippen LogP) is 1.17. The van der Waals surface area contributed by atoms with Gasteiger partial charge in [0.1, 0.15) is 0 Å². The van der Waals surface area contributed by atoms with Crippen LogP contribution < -0.4 is 10.6 Å². The number of carbonyl (C=O) groups is 1. The molecule has 0 unspecified atom stereocenters. The van der Waals surface area contributed by atoms with Gasteiger partial charge in [-0.15, -0.1) is 0 Å². The topological polar surface area (TPSA) is 70.6 Å². The number of anilines is 1. The first-order valence-corrected chi connectivity index (χ1v) is 6.91. The number of rotatable bonds is 6. The maximum atomic E-state index is 11.7. The van der Waals surface area contributed by atoms with E-state index in [0.717, 1.165) is 11.3 Å². The molecule has 0 bridgehead atoms. The lowest BCUT2D eigenvalue weighted by molar-refractivity contribution is -0.128. The minimum Gasteiger partial charge on any atom is -0.396 e. The van der Waals surface area contributed by atoms with Gasteiger partial charge in [0.25, 0.3) is 5.91 Å². The van der Waals surface area contributed by atoms with Gasteiger partial charge in [0.15, 0.2) is 0 Å². The van der Waals surface area contributed by atoms with Crippen molar-refractivity contribution in [3.05, 3.63) is 29.3 Å². The Morgan fingerprint density at radius 3 is 2.70 bits per heavy atom. The highest BCUT2D eigenvalue weighted by Crippen LogP contribution is 2.28. The summed E-state index contributed by atoms with van der Waals surface area (Å²) in [6.07, 6.45) is 0. The van der Waals surface area contributed by atoms with Gasteiger partial charge < -0.3 is 20.5 Å². The molecule has 0 radical (unpaired) electrons. The molecule has 1 saturated heterocycles. The summed E-state index contributed by atoms with van der Waals surface area (Å²) >= 11 is 0. The third-order valence-electron chi connectivity index (χ3n) is 3.63. The molecule has 0 saturated carbocycles. The Labute approximate surface area is 119 Å². The van der Waals surface area contributed by atoms with Gasteiger partial charge in [0.2, 0.25) is 0 Å². The first-order valence-electron chi connectivity index (χ1n) is 6.91. The molecule has 2 rings (SSSR count). The Bertz CT molecular complexity index is 478. The molecule has 1 aromatic rings. The number of hydrogen-bond donors (Lipinski definition) is 3. The van der Waals surface area contributed by atoms with Crippen molar-refractivity contribution in [2.75, 3.05) is 38.2 Å². The molecule has 1 amide bonds. The number of ether oxygens (including phenoxy) is 1. The fraction of sp³-hybridized carbons (Fsp3) is 0.533. The van der Waals surface area contributed by atoms with E-state index in [4.69, 9.17) is 4.74 Å². The molecule has 5 nitrogen and oxygen atoms in total. The quantitative estimate of drug-likeness (QED) is 0.730. The summed E-state index contributed by atoms with van der Waals surface area (Å²) in [5, 5.41) is 15.5. The minimum absolute atomic E-state index is 0.0543. The Morgan fingerprint density at radius 2 is 2.20 bits per heavy atom. The summed E-state index contributed by atoms with van der Waals surface area (Å²) in [5.74, 6) is -0.0543. The SMILES string of the molecule is CCNC(=O)c1ccc(NCC2(CO)COC2)c(C)c1. The summed E-state index contributed by atoms with van der Waals surface area (Å²) in [5.41, 5.74) is 2.50. The third-order valence-corrected chi connectivity index (χ3v) is 3.63. The van der Waals surface area contributed by atoms with Crippen LogP contribution in [-0.4, -0.2) is 43.9 Å². The van der Waals surface area contributed by atoms with E-state index in [9.17, 15) is 9.90 Å². The number of amides is 1. The summed E-state index contributed by atoms with van der Waals surface area (Å²) in [7, 11) is 0. The smallest absolute Gasteiger partial charge is 0.251 e. The van der Waals surface area contributed by atoms with Crippen LogP contribution in [0.15, 0.2) is 18.2 Å². The molecule has 1 heterocycles. The van der Waals surface area contributed by atoms with Crippen LogP contribution >= 0.6 is 0 Å². The number of aryl methyl sites for hydroxylation is 1. The molecule has 1 aromatic carbocycles. The number of hydrogen-bond acceptors (Lipinski definition) is 4. The van der Waals surface area contributed by atoms with Crippen LogP contribution in [0.2, 0.25) is 0 Å². The maximum Gasteiger partial charge on any atom is 0.251 e. The van der Waals surface area contributed by atoms with Crippen LogP contribution in [0.25, 0.3) is 0 Å². The summed E-state index contributed by atoms with van der Waals surface area (Å²) in [6, 6.07) is 5.59. The van der Waals surface area contributed by atoms with Crippen molar-refractivity contribution in [2.24, 2.45) is 5.41 Å². The molecule has 5 heteroatoms. The van der Waals surface area contributed by atoms with Crippen molar-refractivity contribution in [3.8, 4) is 0 Å². The van der Waals surface area contributed by atoms with Crippen molar-refractivity contribution in [2.45, 2.75) is 13.8 Å². The molecule has 1 aliphatic heterocycles. The fourth-order valence-electron chi connectivity index (χ4n) is 2.19. The van der Waals surface area contributed by atoms with Gasteiger partial charge in [-0.3, -0.25) is 4.79 Å². The zero-order valence-electron chi connectivity index (χ0n) is 12.0. The molecule has 20 heavy (non-hydrogen) atoms. The van der Waals surface area contributed by atoms with Gasteiger partial charge in [0, 0.05) is 24.3 Å². The van der Waals surface area contributed by atoms with Crippen LogP contribution in [0.5, 0.6) is 0 Å². The number of nitrogens with one attached hydrogen (secondary N) is 2. The fourth-order valence-corrected chi connectivity index (χ4v) is 2.19. The van der Waals surface area contributed by atoms with Crippen LogP contribution in [-0.2, 0) is 4.74 Å². The van der Waals surface area contributed by atoms with E-state index < -0.39 is 0 Å². The van der Waals surface area contributed by atoms with E-state index in [2.05, 4.69) is 10.6 Å². The van der Waals surface area contributed by atoms with Gasteiger partial charge in [-0.2, -0.15) is 0 Å². The zero-order chi connectivity index (χ0) is 14.6. The second-order valence-corrected chi connectivity index (χ2v) is 5.39. The minimum atomic E-state index is -0.162. The molecular weight excluding hydrogens is 256 g/mol. The summed E-state index contributed by atoms with van der Waals surface area (Å²) < 4.78 is 5.17. The first kappa shape index (κ1) is 14.8. The van der Waals surface area contributed by atoms with Gasteiger partial charge in [-0.1, -0.05) is 0 Å². The lowest BCUT2D eigenvalue weighted by Crippen LogP contribution is -2.50. The van der Waals surface area contributed by atoms with Gasteiger partial charge >= 0.3 is 0 Å². The Hall–Kier alpha value is -1.59. The number of aliphatic hydroxyl groups excluding tert-OH is 1. The Balaban J connectivity index is 2.01. The van der Waals surface area contributed by atoms with Gasteiger partial charge in [-0.25, -0.2) is 0 Å². The largest absolute Gasteiger partial charge is 0.396 e. The molecular formula is C15H22N2O3. The van der Waals surface area contributed by atoms with Crippen molar-refractivity contribution in [1.82, 2.24) is 5.32 Å². The van der Waals surface area contributed by atoms with Crippen molar-refractivity contribution < 1.29 is 14.6 Å². The highest BCUT2D eigenvalue weighted by Gasteiger charge is 2.37. The second-order valence-electron chi connectivity index (χ2n) is 5.39. The second kappa shape index (κ2) is 6.24. The van der Waals surface area contributed by atoms with Crippen molar-refractivity contribution in [3.63, 3.8) is 0 Å². The standard InChI is InChI=1S/C15H22N2O3/c1-3-16-14(19)12-4-5-13(11(2)6-12)17-7-15(8-18)9-20-10-15/h4-6,17-18H,3,7-10H2,1-2H3,(H,16,19). The van der Waals surface area contributed by atoms with Crippen molar-refractivity contribution in [1.29, 1.82) is 0 Å². The van der Waals surface area contributed by atoms with Gasteiger partial charge in [0.05, 0.1) is 25.2 Å². The van der Waals surface area contributed by atoms with E-state index in [-0.39, 0.29) is 17.9 Å². The van der Waals surface area contributed by atoms with Crippen LogP contribution in [0.1, 0.15) is 22.8 Å². The first-order chi connectivity index (χ1) is 9.60. The average Bonchev–Trinajstić information content (AvgIpc) is 2.39. The average molecular weight is 278 g/mol. The molecule has 0 aliphatic carbocycles. The normalized spacial score (nSPS) is 16.4. The maximum absolute atomic E-state index is 11.7. The lowest BCUT2D eigenvalue weighted by Gasteiger charge is -2.40. The van der Waals surface area contributed by atoms with Crippen LogP contribution in [0.4, 0.5) is 5.69 Å². The molecule has 110 valence electrons. The molecule has 0 aromatic heterocycles. The highest BCUT2D eigenvalue weighted by atomic mass is 16.5. The molecule has 3 N–H and O–H groups in total. The van der Waals surface area contributed by atoms with Crippen LogP contribution in [0.3, 0.4) is 0 Å². The zero-order valence-corrected chi connectivity index (χ0v) is 12.0. The van der Waals surface area contributed by atoms with E-state index in [1.54, 1.807) is 0 Å². The molecule has 1 aliphatic rings. The van der Waals surface area contributed by atoms with Crippen LogP contribution in [0, 0.1) is 12.3 Å². The van der Waals surface area contributed by atoms with E-state index in [1.165, 1.54) is 0 Å². The third kappa shape index (κ3) is 3.11. The van der Waals surface area contributed by atoms with E-state index >= 15 is 0 Å². The molecule has 1 fully saturated rings. The highest BCUT2D eigenvalue weighted by molar-refractivity contribution is 5.94.